The van der Waals surface area contributed by atoms with E-state index in [1.165, 1.54) is 0 Å². The van der Waals surface area contributed by atoms with Gasteiger partial charge in [-0.15, -0.1) is 0 Å². The minimum atomic E-state index is -1.08. The zero-order valence-corrected chi connectivity index (χ0v) is 18.6. The van der Waals surface area contributed by atoms with E-state index >= 15 is 0 Å². The van der Waals surface area contributed by atoms with Gasteiger partial charge < -0.3 is 25.8 Å². The first-order valence-corrected chi connectivity index (χ1v) is 10.4. The molecule has 1 aromatic rings. The molecule has 0 aliphatic carbocycles. The Balaban J connectivity index is 2.74. The number of rotatable bonds is 12. The molecule has 3 amide bonds. The molecule has 0 radical (unpaired) electrons. The molecule has 1 aromatic carbocycles. The van der Waals surface area contributed by atoms with E-state index in [1.807, 2.05) is 44.2 Å². The van der Waals surface area contributed by atoms with Crippen LogP contribution in [-0.2, 0) is 30.5 Å². The SMILES string of the molecule is CCOC(=O)[C@H](C)C[C@H](NC(=O)[C@H](CC(C)C)NC(=O)OCc1ccccc1)C(N)=O. The Labute approximate surface area is 183 Å². The lowest BCUT2D eigenvalue weighted by atomic mass is 9.99. The Kier molecular flexibility index (Phi) is 11.1. The number of hydrogen-bond donors (Lipinski definition) is 3. The van der Waals surface area contributed by atoms with Gasteiger partial charge >= 0.3 is 12.1 Å². The predicted octanol–water partition coefficient (Wildman–Crippen LogP) is 1.89. The third-order valence-electron chi connectivity index (χ3n) is 4.47. The Morgan fingerprint density at radius 3 is 2.13 bits per heavy atom. The molecular formula is C22H33N3O6. The normalized spacial score (nSPS) is 13.6. The van der Waals surface area contributed by atoms with Crippen LogP contribution in [0, 0.1) is 11.8 Å². The van der Waals surface area contributed by atoms with Crippen molar-refractivity contribution >= 4 is 23.9 Å². The third kappa shape index (κ3) is 9.97. The molecule has 0 saturated carbocycles. The summed E-state index contributed by atoms with van der Waals surface area (Å²) in [6.07, 6.45) is -0.432. The second kappa shape index (κ2) is 13.3. The molecule has 9 heteroatoms. The van der Waals surface area contributed by atoms with Gasteiger partial charge in [-0.1, -0.05) is 51.1 Å². The highest BCUT2D eigenvalue weighted by molar-refractivity contribution is 5.91. The topological polar surface area (TPSA) is 137 Å². The summed E-state index contributed by atoms with van der Waals surface area (Å²) in [5.74, 6) is -2.39. The van der Waals surface area contributed by atoms with Crippen molar-refractivity contribution in [1.29, 1.82) is 0 Å². The molecule has 0 unspecified atom stereocenters. The van der Waals surface area contributed by atoms with E-state index in [2.05, 4.69) is 10.6 Å². The molecule has 0 aliphatic heterocycles. The maximum Gasteiger partial charge on any atom is 0.408 e. The van der Waals surface area contributed by atoms with Crippen LogP contribution < -0.4 is 16.4 Å². The summed E-state index contributed by atoms with van der Waals surface area (Å²) in [4.78, 5) is 48.6. The minimum Gasteiger partial charge on any atom is -0.466 e. The van der Waals surface area contributed by atoms with Crippen LogP contribution in [0.1, 0.15) is 46.1 Å². The van der Waals surface area contributed by atoms with Gasteiger partial charge in [0.25, 0.3) is 0 Å². The fourth-order valence-corrected chi connectivity index (χ4v) is 2.86. The Bertz CT molecular complexity index is 738. The summed E-state index contributed by atoms with van der Waals surface area (Å²) >= 11 is 0. The van der Waals surface area contributed by atoms with Gasteiger partial charge in [-0.05, 0) is 31.2 Å². The number of ether oxygens (including phenoxy) is 2. The van der Waals surface area contributed by atoms with Crippen LogP contribution in [0.25, 0.3) is 0 Å². The van der Waals surface area contributed by atoms with E-state index in [1.54, 1.807) is 13.8 Å². The molecule has 31 heavy (non-hydrogen) atoms. The molecule has 4 N–H and O–H groups in total. The van der Waals surface area contributed by atoms with E-state index in [0.29, 0.717) is 6.42 Å². The molecular weight excluding hydrogens is 402 g/mol. The number of primary amides is 1. The third-order valence-corrected chi connectivity index (χ3v) is 4.47. The van der Waals surface area contributed by atoms with Gasteiger partial charge in [0.1, 0.15) is 18.7 Å². The van der Waals surface area contributed by atoms with Crippen molar-refractivity contribution in [2.45, 2.75) is 59.2 Å². The standard InChI is InChI=1S/C22H33N3O6/c1-5-30-21(28)15(4)12-17(19(23)26)24-20(27)18(11-14(2)3)25-22(29)31-13-16-9-7-6-8-10-16/h6-10,14-15,17-18H,5,11-13H2,1-4H3,(H2,23,26)(H,24,27)(H,25,29)/t15-,17+,18+/m1/s1. The largest absolute Gasteiger partial charge is 0.466 e. The van der Waals surface area contributed by atoms with Crippen molar-refractivity contribution < 1.29 is 28.7 Å². The van der Waals surface area contributed by atoms with Gasteiger partial charge in [-0.3, -0.25) is 14.4 Å². The van der Waals surface area contributed by atoms with Gasteiger partial charge in [0.2, 0.25) is 11.8 Å². The van der Waals surface area contributed by atoms with Crippen molar-refractivity contribution in [3.05, 3.63) is 35.9 Å². The monoisotopic (exact) mass is 435 g/mol. The van der Waals surface area contributed by atoms with E-state index in [-0.39, 0.29) is 25.6 Å². The van der Waals surface area contributed by atoms with E-state index < -0.39 is 41.9 Å². The van der Waals surface area contributed by atoms with Gasteiger partial charge in [0, 0.05) is 0 Å². The van der Waals surface area contributed by atoms with Crippen LogP contribution in [0.3, 0.4) is 0 Å². The van der Waals surface area contributed by atoms with Gasteiger partial charge in [0.15, 0.2) is 0 Å². The first-order valence-electron chi connectivity index (χ1n) is 10.4. The van der Waals surface area contributed by atoms with Crippen LogP contribution in [0.5, 0.6) is 0 Å². The molecule has 172 valence electrons. The fourth-order valence-electron chi connectivity index (χ4n) is 2.86. The van der Waals surface area contributed by atoms with Crippen LogP contribution >= 0.6 is 0 Å². The highest BCUT2D eigenvalue weighted by Gasteiger charge is 2.29. The number of nitrogens with one attached hydrogen (secondary N) is 2. The zero-order chi connectivity index (χ0) is 23.4. The predicted molar refractivity (Wildman–Crippen MR) is 115 cm³/mol. The Morgan fingerprint density at radius 1 is 0.935 bits per heavy atom. The number of carbonyl (C=O) groups is 4. The van der Waals surface area contributed by atoms with Crippen LogP contribution in [0.15, 0.2) is 30.3 Å². The average Bonchev–Trinajstić information content (AvgIpc) is 2.71. The maximum atomic E-state index is 12.8. The lowest BCUT2D eigenvalue weighted by Gasteiger charge is -2.24. The quantitative estimate of drug-likeness (QED) is 0.429. The van der Waals surface area contributed by atoms with Gasteiger partial charge in [0.05, 0.1) is 12.5 Å². The summed E-state index contributed by atoms with van der Waals surface area (Å²) in [6, 6.07) is 7.12. The second-order valence-electron chi connectivity index (χ2n) is 7.74. The average molecular weight is 436 g/mol. The molecule has 0 aliphatic rings. The van der Waals surface area contributed by atoms with Crippen molar-refractivity contribution in [2.24, 2.45) is 17.6 Å². The van der Waals surface area contributed by atoms with Crippen LogP contribution in [0.4, 0.5) is 4.79 Å². The molecule has 9 nitrogen and oxygen atoms in total. The molecule has 0 fully saturated rings. The molecule has 1 rings (SSSR count). The lowest BCUT2D eigenvalue weighted by Crippen LogP contribution is -2.54. The van der Waals surface area contributed by atoms with E-state index in [9.17, 15) is 19.2 Å². The van der Waals surface area contributed by atoms with Crippen molar-refractivity contribution in [1.82, 2.24) is 10.6 Å². The summed E-state index contributed by atoms with van der Waals surface area (Å²) < 4.78 is 10.1. The number of nitrogens with two attached hydrogens (primary N) is 1. The highest BCUT2D eigenvalue weighted by Crippen LogP contribution is 2.11. The molecule has 3 atom stereocenters. The summed E-state index contributed by atoms with van der Waals surface area (Å²) in [7, 11) is 0. The second-order valence-corrected chi connectivity index (χ2v) is 7.74. The highest BCUT2D eigenvalue weighted by atomic mass is 16.5. The van der Waals surface area contributed by atoms with E-state index in [0.717, 1.165) is 5.56 Å². The minimum absolute atomic E-state index is 0.00718. The Hall–Kier alpha value is -3.10. The number of carbonyl (C=O) groups excluding carboxylic acids is 4. The number of amides is 3. The molecule has 0 bridgehead atoms. The fraction of sp³-hybridized carbons (Fsp3) is 0.545. The number of alkyl carbamates (subject to hydrolysis) is 1. The van der Waals surface area contributed by atoms with E-state index in [4.69, 9.17) is 15.2 Å². The first kappa shape index (κ1) is 25.9. The number of benzene rings is 1. The molecule has 0 heterocycles. The summed E-state index contributed by atoms with van der Waals surface area (Å²) in [5, 5.41) is 5.08. The summed E-state index contributed by atoms with van der Waals surface area (Å²) in [5.41, 5.74) is 6.21. The molecule has 0 spiro atoms. The van der Waals surface area contributed by atoms with Gasteiger partial charge in [-0.2, -0.15) is 0 Å². The van der Waals surface area contributed by atoms with Crippen LogP contribution in [-0.4, -0.2) is 42.6 Å². The van der Waals surface area contributed by atoms with Crippen molar-refractivity contribution in [2.75, 3.05) is 6.61 Å². The van der Waals surface area contributed by atoms with Crippen molar-refractivity contribution in [3.8, 4) is 0 Å². The zero-order valence-electron chi connectivity index (χ0n) is 18.6. The Morgan fingerprint density at radius 2 is 1.58 bits per heavy atom. The van der Waals surface area contributed by atoms with Crippen molar-refractivity contribution in [3.63, 3.8) is 0 Å². The first-order chi connectivity index (χ1) is 14.6. The smallest absolute Gasteiger partial charge is 0.408 e. The number of hydrogen-bond acceptors (Lipinski definition) is 6. The lowest BCUT2D eigenvalue weighted by molar-refractivity contribution is -0.148. The molecule has 0 aromatic heterocycles. The summed E-state index contributed by atoms with van der Waals surface area (Å²) in [6.45, 7) is 7.32. The maximum absolute atomic E-state index is 12.8. The number of esters is 1. The molecule has 0 saturated heterocycles. The van der Waals surface area contributed by atoms with Gasteiger partial charge in [-0.25, -0.2) is 4.79 Å². The van der Waals surface area contributed by atoms with Crippen LogP contribution in [0.2, 0.25) is 0 Å².